The summed E-state index contributed by atoms with van der Waals surface area (Å²) < 4.78 is 14.3. The molecule has 0 aliphatic heterocycles. The number of aryl methyl sites for hydroxylation is 1. The number of para-hydroxylation sites is 1. The largest absolute Gasteiger partial charge is 0.453 e. The average Bonchev–Trinajstić information content (AvgIpc) is 3.48. The highest BCUT2D eigenvalue weighted by atomic mass is 16.5. The summed E-state index contributed by atoms with van der Waals surface area (Å²) in [7, 11) is 0. The maximum Gasteiger partial charge on any atom is 0.374 e. The van der Waals surface area contributed by atoms with Crippen molar-refractivity contribution in [1.82, 2.24) is 19.6 Å². The number of esters is 1. The summed E-state index contributed by atoms with van der Waals surface area (Å²) in [6.45, 7) is 2.06. The van der Waals surface area contributed by atoms with Gasteiger partial charge in [0.25, 0.3) is 0 Å². The molecule has 4 rings (SSSR count). The van der Waals surface area contributed by atoms with E-state index >= 15 is 0 Å². The van der Waals surface area contributed by atoms with Crippen LogP contribution >= 0.6 is 0 Å². The number of rotatable bonds is 6. The van der Waals surface area contributed by atoms with Crippen molar-refractivity contribution in [2.45, 2.75) is 20.1 Å². The van der Waals surface area contributed by atoms with Crippen LogP contribution in [0.2, 0.25) is 0 Å². The molecule has 8 nitrogen and oxygen atoms in total. The lowest BCUT2D eigenvalue weighted by atomic mass is 10.2. The Morgan fingerprint density at radius 3 is 2.76 bits per heavy atom. The summed E-state index contributed by atoms with van der Waals surface area (Å²) in [6.07, 6.45) is 3.47. The van der Waals surface area contributed by atoms with Gasteiger partial charge in [0.05, 0.1) is 23.6 Å². The van der Waals surface area contributed by atoms with Crippen LogP contribution in [0.1, 0.15) is 33.3 Å². The Balaban J connectivity index is 1.51. The number of hydrogen-bond donors (Lipinski definition) is 0. The summed E-state index contributed by atoms with van der Waals surface area (Å²) in [5.74, 6) is 0.0655. The molecule has 144 valence electrons. The summed E-state index contributed by atoms with van der Waals surface area (Å²) >= 11 is 0. The molecule has 0 aliphatic rings. The number of ether oxygens (including phenoxy) is 1. The molecule has 3 heterocycles. The van der Waals surface area contributed by atoms with Gasteiger partial charge in [-0.05, 0) is 37.3 Å². The Hall–Kier alpha value is -4.12. The predicted octanol–water partition coefficient (Wildman–Crippen LogP) is 3.25. The molecular weight excluding hydrogens is 370 g/mol. The molecule has 0 radical (unpaired) electrons. The number of carbonyl (C=O) groups excluding carboxylic acids is 1. The zero-order valence-corrected chi connectivity index (χ0v) is 15.6. The van der Waals surface area contributed by atoms with Crippen molar-refractivity contribution < 1.29 is 13.9 Å². The third-order valence-corrected chi connectivity index (χ3v) is 4.35. The molecule has 4 aromatic rings. The molecule has 0 saturated heterocycles. The van der Waals surface area contributed by atoms with Crippen molar-refractivity contribution >= 4 is 5.97 Å². The molecule has 0 atom stereocenters. The van der Waals surface area contributed by atoms with Gasteiger partial charge in [0.1, 0.15) is 24.0 Å². The Morgan fingerprint density at radius 2 is 2.03 bits per heavy atom. The van der Waals surface area contributed by atoms with Gasteiger partial charge in [-0.25, -0.2) is 9.48 Å². The molecule has 0 aliphatic carbocycles. The zero-order valence-electron chi connectivity index (χ0n) is 15.6. The molecule has 8 heteroatoms. The van der Waals surface area contributed by atoms with Crippen molar-refractivity contribution in [2.24, 2.45) is 0 Å². The van der Waals surface area contributed by atoms with Crippen LogP contribution in [-0.4, -0.2) is 25.5 Å². The summed E-state index contributed by atoms with van der Waals surface area (Å²) in [5, 5.41) is 18.0. The van der Waals surface area contributed by atoms with Gasteiger partial charge >= 0.3 is 5.97 Å². The van der Waals surface area contributed by atoms with Gasteiger partial charge in [0.15, 0.2) is 0 Å². The van der Waals surface area contributed by atoms with E-state index in [9.17, 15) is 10.1 Å². The Labute approximate surface area is 166 Å². The Bertz CT molecular complexity index is 1170. The van der Waals surface area contributed by atoms with Crippen LogP contribution in [0.15, 0.2) is 65.3 Å². The molecule has 0 N–H and O–H groups in total. The second-order valence-corrected chi connectivity index (χ2v) is 6.31. The highest BCUT2D eigenvalue weighted by Crippen LogP contribution is 2.20. The topological polar surface area (TPSA) is 98.9 Å². The summed E-state index contributed by atoms with van der Waals surface area (Å²) in [4.78, 5) is 12.4. The Kier molecular flexibility index (Phi) is 4.95. The van der Waals surface area contributed by atoms with Gasteiger partial charge in [-0.2, -0.15) is 15.5 Å². The Morgan fingerprint density at radius 1 is 1.21 bits per heavy atom. The van der Waals surface area contributed by atoms with Crippen LogP contribution in [0.5, 0.6) is 0 Å². The van der Waals surface area contributed by atoms with E-state index in [0.717, 1.165) is 5.69 Å². The normalized spacial score (nSPS) is 10.6. The van der Waals surface area contributed by atoms with Crippen LogP contribution in [0, 0.1) is 18.3 Å². The average molecular weight is 387 g/mol. The molecular formula is C21H17N5O3. The fourth-order valence-electron chi connectivity index (χ4n) is 2.97. The predicted molar refractivity (Wildman–Crippen MR) is 102 cm³/mol. The van der Waals surface area contributed by atoms with Crippen LogP contribution in [0.3, 0.4) is 0 Å². The fraction of sp³-hybridized carbons (Fsp3) is 0.143. The fourth-order valence-corrected chi connectivity index (χ4v) is 2.97. The number of furan rings is 1. The number of nitrogens with zero attached hydrogens (tertiary/aromatic N) is 5. The van der Waals surface area contributed by atoms with Gasteiger partial charge in [-0.1, -0.05) is 18.2 Å². The molecule has 3 aromatic heterocycles. The number of aromatic nitrogens is 4. The first-order valence-electron chi connectivity index (χ1n) is 8.93. The second kappa shape index (κ2) is 7.86. The third-order valence-electron chi connectivity index (χ3n) is 4.35. The molecule has 0 fully saturated rings. The third kappa shape index (κ3) is 3.80. The minimum Gasteiger partial charge on any atom is -0.453 e. The number of hydrogen-bond acceptors (Lipinski definition) is 6. The monoisotopic (exact) mass is 387 g/mol. The van der Waals surface area contributed by atoms with Crippen molar-refractivity contribution in [2.75, 3.05) is 0 Å². The minimum absolute atomic E-state index is 0.0909. The minimum atomic E-state index is -0.612. The van der Waals surface area contributed by atoms with Gasteiger partial charge in [0.2, 0.25) is 5.76 Å². The van der Waals surface area contributed by atoms with Crippen LogP contribution in [0.4, 0.5) is 0 Å². The van der Waals surface area contributed by atoms with E-state index in [1.165, 1.54) is 0 Å². The summed E-state index contributed by atoms with van der Waals surface area (Å²) in [6, 6.07) is 16.6. The van der Waals surface area contributed by atoms with Crippen molar-refractivity contribution in [3.8, 4) is 11.8 Å². The van der Waals surface area contributed by atoms with E-state index in [1.807, 2.05) is 36.4 Å². The molecule has 0 spiro atoms. The lowest BCUT2D eigenvalue weighted by Gasteiger charge is -2.08. The van der Waals surface area contributed by atoms with Gasteiger partial charge in [0, 0.05) is 12.4 Å². The first-order chi connectivity index (χ1) is 14.2. The quantitative estimate of drug-likeness (QED) is 0.471. The van der Waals surface area contributed by atoms with Gasteiger partial charge in [-0.3, -0.25) is 4.68 Å². The first-order valence-corrected chi connectivity index (χ1v) is 8.93. The molecule has 29 heavy (non-hydrogen) atoms. The molecule has 0 saturated carbocycles. The van der Waals surface area contributed by atoms with E-state index < -0.39 is 5.97 Å². The van der Waals surface area contributed by atoms with Crippen molar-refractivity contribution in [3.63, 3.8) is 0 Å². The van der Waals surface area contributed by atoms with E-state index in [1.54, 1.807) is 40.8 Å². The molecule has 0 amide bonds. The van der Waals surface area contributed by atoms with Gasteiger partial charge < -0.3 is 9.15 Å². The standard InChI is InChI=1S/C21H17N5O3/c1-15-18(12-22)19(26(24-15)16-6-3-2-4-7-16)14-28-21(27)20-9-8-17(29-20)13-25-11-5-10-23-25/h2-11H,13-14H2,1H3. The molecule has 0 bridgehead atoms. The summed E-state index contributed by atoms with van der Waals surface area (Å²) in [5.41, 5.74) is 2.25. The van der Waals surface area contributed by atoms with Crippen molar-refractivity contribution in [1.29, 1.82) is 5.26 Å². The maximum atomic E-state index is 12.4. The smallest absolute Gasteiger partial charge is 0.374 e. The maximum absolute atomic E-state index is 12.4. The first kappa shape index (κ1) is 18.3. The van der Waals surface area contributed by atoms with E-state index in [4.69, 9.17) is 9.15 Å². The number of benzene rings is 1. The lowest BCUT2D eigenvalue weighted by Crippen LogP contribution is -2.09. The molecule has 0 unspecified atom stereocenters. The van der Waals surface area contributed by atoms with E-state index in [2.05, 4.69) is 16.3 Å². The zero-order chi connectivity index (χ0) is 20.2. The van der Waals surface area contributed by atoms with Crippen LogP contribution in [-0.2, 0) is 17.9 Å². The van der Waals surface area contributed by atoms with E-state index in [-0.39, 0.29) is 12.4 Å². The van der Waals surface area contributed by atoms with Crippen LogP contribution in [0.25, 0.3) is 5.69 Å². The SMILES string of the molecule is Cc1nn(-c2ccccc2)c(COC(=O)c2ccc(Cn3cccn3)o2)c1C#N. The molecule has 1 aromatic carbocycles. The van der Waals surface area contributed by atoms with Crippen molar-refractivity contribution in [3.05, 3.63) is 89.4 Å². The lowest BCUT2D eigenvalue weighted by molar-refractivity contribution is 0.0426. The highest BCUT2D eigenvalue weighted by Gasteiger charge is 2.20. The van der Waals surface area contributed by atoms with Gasteiger partial charge in [-0.15, -0.1) is 0 Å². The number of carbonyl (C=O) groups is 1. The van der Waals surface area contributed by atoms with E-state index in [0.29, 0.717) is 29.3 Å². The highest BCUT2D eigenvalue weighted by molar-refractivity contribution is 5.86. The van der Waals surface area contributed by atoms with Crippen LogP contribution < -0.4 is 0 Å². The number of nitriles is 1. The second-order valence-electron chi connectivity index (χ2n) is 6.31.